The molecular weight excluding hydrogens is 302 g/mol. The van der Waals surface area contributed by atoms with Crippen LogP contribution >= 0.6 is 0 Å². The molecule has 2 aliphatic heterocycles. The summed E-state index contributed by atoms with van der Waals surface area (Å²) in [6.45, 7) is 7.80. The second-order valence-electron chi connectivity index (χ2n) is 6.67. The molecule has 2 aromatic heterocycles. The van der Waals surface area contributed by atoms with Gasteiger partial charge in [-0.3, -0.25) is 19.5 Å². The van der Waals surface area contributed by atoms with Gasteiger partial charge in [0.05, 0.1) is 18.9 Å². The Balaban J connectivity index is 1.51. The monoisotopic (exact) mass is 327 g/mol. The lowest BCUT2D eigenvalue weighted by molar-refractivity contribution is 0.0196. The van der Waals surface area contributed by atoms with Crippen molar-refractivity contribution in [2.75, 3.05) is 32.8 Å². The summed E-state index contributed by atoms with van der Waals surface area (Å²) in [7, 11) is 0. The highest BCUT2D eigenvalue weighted by Gasteiger charge is 2.26. The molecule has 1 saturated heterocycles. The summed E-state index contributed by atoms with van der Waals surface area (Å²) in [5.41, 5.74) is 2.58. The van der Waals surface area contributed by atoms with Gasteiger partial charge in [0, 0.05) is 63.9 Å². The van der Waals surface area contributed by atoms with Crippen LogP contribution in [0.25, 0.3) is 0 Å². The van der Waals surface area contributed by atoms with E-state index in [0.29, 0.717) is 6.04 Å². The van der Waals surface area contributed by atoms with Gasteiger partial charge in [-0.2, -0.15) is 5.10 Å². The summed E-state index contributed by atoms with van der Waals surface area (Å²) >= 11 is 0. The van der Waals surface area contributed by atoms with E-state index in [2.05, 4.69) is 36.7 Å². The van der Waals surface area contributed by atoms with Crippen LogP contribution in [0.4, 0.5) is 0 Å². The van der Waals surface area contributed by atoms with Crippen molar-refractivity contribution in [3.63, 3.8) is 0 Å². The number of nitrogens with zero attached hydrogens (tertiary/aromatic N) is 5. The molecule has 0 saturated carbocycles. The van der Waals surface area contributed by atoms with Crippen molar-refractivity contribution >= 4 is 0 Å². The van der Waals surface area contributed by atoms with Crippen molar-refractivity contribution in [3.05, 3.63) is 48.0 Å². The maximum absolute atomic E-state index is 5.50. The Labute approximate surface area is 143 Å². The Hall–Kier alpha value is -1.76. The quantitative estimate of drug-likeness (QED) is 0.849. The Morgan fingerprint density at radius 3 is 2.88 bits per heavy atom. The summed E-state index contributed by atoms with van der Waals surface area (Å²) in [4.78, 5) is 9.41. The molecule has 0 amide bonds. The molecule has 2 aliphatic rings. The first kappa shape index (κ1) is 15.7. The molecule has 0 unspecified atom stereocenters. The first-order valence-electron chi connectivity index (χ1n) is 8.82. The number of hydrogen-bond donors (Lipinski definition) is 0. The Kier molecular flexibility index (Phi) is 4.87. The molecule has 0 aromatic carbocycles. The smallest absolute Gasteiger partial charge is 0.0594 e. The zero-order valence-corrected chi connectivity index (χ0v) is 14.0. The zero-order valence-electron chi connectivity index (χ0n) is 14.0. The number of rotatable bonds is 4. The van der Waals surface area contributed by atoms with E-state index in [4.69, 9.17) is 4.74 Å². The standard InChI is InChI=1S/C18H25N5O/c1-2-16(12-19-5-1)13-22-15-18-3-6-20-23(18)7-4-17(22)14-21-8-10-24-11-9-21/h1-3,5-6,12,17H,4,7-11,13-15H2/t17-/m1/s1. The highest BCUT2D eigenvalue weighted by atomic mass is 16.5. The minimum absolute atomic E-state index is 0.532. The van der Waals surface area contributed by atoms with Crippen LogP contribution in [0.15, 0.2) is 36.8 Å². The average molecular weight is 327 g/mol. The van der Waals surface area contributed by atoms with E-state index in [1.165, 1.54) is 11.3 Å². The molecule has 6 heteroatoms. The van der Waals surface area contributed by atoms with Gasteiger partial charge in [-0.25, -0.2) is 0 Å². The van der Waals surface area contributed by atoms with Crippen molar-refractivity contribution < 1.29 is 4.74 Å². The topological polar surface area (TPSA) is 46.4 Å². The van der Waals surface area contributed by atoms with Crippen molar-refractivity contribution in [1.29, 1.82) is 0 Å². The third-order valence-corrected chi connectivity index (χ3v) is 5.04. The second-order valence-corrected chi connectivity index (χ2v) is 6.67. The molecule has 24 heavy (non-hydrogen) atoms. The summed E-state index contributed by atoms with van der Waals surface area (Å²) in [5, 5.41) is 4.48. The van der Waals surface area contributed by atoms with E-state index in [1.54, 1.807) is 0 Å². The molecule has 2 aromatic rings. The minimum Gasteiger partial charge on any atom is -0.379 e. The van der Waals surface area contributed by atoms with Gasteiger partial charge in [0.2, 0.25) is 0 Å². The number of fused-ring (bicyclic) bond motifs is 1. The van der Waals surface area contributed by atoms with Gasteiger partial charge in [0.1, 0.15) is 0 Å². The third-order valence-electron chi connectivity index (χ3n) is 5.04. The SMILES string of the molecule is c1cncc(CN2Cc3ccnn3CC[C@@H]2CN2CCOCC2)c1. The van der Waals surface area contributed by atoms with Crippen molar-refractivity contribution in [1.82, 2.24) is 24.6 Å². The van der Waals surface area contributed by atoms with Crippen molar-refractivity contribution in [2.24, 2.45) is 0 Å². The maximum atomic E-state index is 5.50. The Bertz CT molecular complexity index is 638. The number of aromatic nitrogens is 3. The lowest BCUT2D eigenvalue weighted by Gasteiger charge is -2.35. The van der Waals surface area contributed by atoms with Crippen LogP contribution < -0.4 is 0 Å². The molecule has 4 heterocycles. The second kappa shape index (κ2) is 7.42. The molecule has 0 aliphatic carbocycles. The van der Waals surface area contributed by atoms with Crippen molar-refractivity contribution in [2.45, 2.75) is 32.1 Å². The van der Waals surface area contributed by atoms with E-state index >= 15 is 0 Å². The number of aryl methyl sites for hydroxylation is 1. The van der Waals surface area contributed by atoms with Gasteiger partial charge in [0.25, 0.3) is 0 Å². The molecule has 4 rings (SSSR count). The fourth-order valence-electron chi connectivity index (χ4n) is 3.69. The van der Waals surface area contributed by atoms with Crippen LogP contribution in [0.5, 0.6) is 0 Å². The molecule has 0 N–H and O–H groups in total. The number of hydrogen-bond acceptors (Lipinski definition) is 5. The molecule has 0 spiro atoms. The van der Waals surface area contributed by atoms with Crippen molar-refractivity contribution in [3.8, 4) is 0 Å². The molecule has 1 atom stereocenters. The van der Waals surface area contributed by atoms with E-state index in [0.717, 1.165) is 58.9 Å². The lowest BCUT2D eigenvalue weighted by Crippen LogP contribution is -2.46. The fraction of sp³-hybridized carbons (Fsp3) is 0.556. The highest BCUT2D eigenvalue weighted by Crippen LogP contribution is 2.21. The maximum Gasteiger partial charge on any atom is 0.0594 e. The van der Waals surface area contributed by atoms with Crippen LogP contribution in [-0.4, -0.2) is 63.5 Å². The van der Waals surface area contributed by atoms with E-state index in [9.17, 15) is 0 Å². The van der Waals surface area contributed by atoms with Gasteiger partial charge in [-0.05, 0) is 24.1 Å². The first-order valence-corrected chi connectivity index (χ1v) is 8.82. The molecule has 6 nitrogen and oxygen atoms in total. The van der Waals surface area contributed by atoms with Gasteiger partial charge in [-0.15, -0.1) is 0 Å². The highest BCUT2D eigenvalue weighted by molar-refractivity contribution is 5.10. The normalized spacial score (nSPS) is 22.9. The number of pyridine rings is 1. The molecule has 1 fully saturated rings. The van der Waals surface area contributed by atoms with E-state index < -0.39 is 0 Å². The van der Waals surface area contributed by atoms with Gasteiger partial charge in [-0.1, -0.05) is 6.07 Å². The van der Waals surface area contributed by atoms with Crippen LogP contribution in [-0.2, 0) is 24.4 Å². The van der Waals surface area contributed by atoms with Gasteiger partial charge >= 0.3 is 0 Å². The third kappa shape index (κ3) is 3.66. The molecular formula is C18H25N5O. The van der Waals surface area contributed by atoms with Crippen LogP contribution in [0.3, 0.4) is 0 Å². The predicted molar refractivity (Wildman–Crippen MR) is 91.4 cm³/mol. The predicted octanol–water partition coefficient (Wildman–Crippen LogP) is 1.38. The lowest BCUT2D eigenvalue weighted by atomic mass is 10.1. The zero-order chi connectivity index (χ0) is 16.2. The van der Waals surface area contributed by atoms with Crippen LogP contribution in [0, 0.1) is 0 Å². The largest absolute Gasteiger partial charge is 0.379 e. The van der Waals surface area contributed by atoms with E-state index in [-0.39, 0.29) is 0 Å². The van der Waals surface area contributed by atoms with E-state index in [1.807, 2.05) is 24.7 Å². The molecule has 0 radical (unpaired) electrons. The number of morpholine rings is 1. The molecule has 0 bridgehead atoms. The van der Waals surface area contributed by atoms with Crippen LogP contribution in [0.2, 0.25) is 0 Å². The Morgan fingerprint density at radius 1 is 1.12 bits per heavy atom. The minimum atomic E-state index is 0.532. The Morgan fingerprint density at radius 2 is 2.04 bits per heavy atom. The first-order chi connectivity index (χ1) is 11.9. The average Bonchev–Trinajstić information content (AvgIpc) is 3.01. The summed E-state index contributed by atoms with van der Waals surface area (Å²) < 4.78 is 7.66. The summed E-state index contributed by atoms with van der Waals surface area (Å²) in [6.07, 6.45) is 6.87. The number of ether oxygens (including phenoxy) is 1. The van der Waals surface area contributed by atoms with Gasteiger partial charge < -0.3 is 4.74 Å². The summed E-state index contributed by atoms with van der Waals surface area (Å²) in [5.74, 6) is 0. The fourth-order valence-corrected chi connectivity index (χ4v) is 3.69. The summed E-state index contributed by atoms with van der Waals surface area (Å²) in [6, 6.07) is 6.87. The molecule has 128 valence electrons. The van der Waals surface area contributed by atoms with Crippen LogP contribution in [0.1, 0.15) is 17.7 Å². The van der Waals surface area contributed by atoms with Gasteiger partial charge in [0.15, 0.2) is 0 Å².